The van der Waals surface area contributed by atoms with Gasteiger partial charge in [0.25, 0.3) is 5.91 Å². The van der Waals surface area contributed by atoms with E-state index in [9.17, 15) is 19.2 Å². The van der Waals surface area contributed by atoms with Gasteiger partial charge in [0.05, 0.1) is 13.2 Å². The zero-order chi connectivity index (χ0) is 28.9. The number of fused-ring (bicyclic) bond motifs is 1. The third kappa shape index (κ3) is 7.42. The molecular weight excluding hydrogens is 510 g/mol. The second-order valence-corrected chi connectivity index (χ2v) is 12.0. The van der Waals surface area contributed by atoms with Gasteiger partial charge >= 0.3 is 6.09 Å². The van der Waals surface area contributed by atoms with Gasteiger partial charge in [-0.3, -0.25) is 19.7 Å². The molecule has 40 heavy (non-hydrogen) atoms. The van der Waals surface area contributed by atoms with Gasteiger partial charge in [0.1, 0.15) is 11.6 Å². The van der Waals surface area contributed by atoms with E-state index in [0.717, 1.165) is 36.8 Å². The number of carbonyl (C=O) groups excluding carboxylic acids is 4. The number of amides is 4. The van der Waals surface area contributed by atoms with Gasteiger partial charge in [-0.25, -0.2) is 4.79 Å². The van der Waals surface area contributed by atoms with E-state index in [1.54, 1.807) is 12.1 Å². The Morgan fingerprint density at radius 1 is 1.10 bits per heavy atom. The standard InChI is InChI=1S/C31H41N3O6/c1-21-11-13-23(14-12-21)33(30(38)40-31(2,3)4)17-19-39-18-6-5-8-22-9-7-10-24-25(22)20-34(29(24)37)26-15-16-27(35)32-28(26)36/h7,9-10,21,23,26H,6,11-20H2,1-4H3,(H,32,35,36). The van der Waals surface area contributed by atoms with E-state index >= 15 is 0 Å². The van der Waals surface area contributed by atoms with E-state index in [-0.39, 0.29) is 30.4 Å². The van der Waals surface area contributed by atoms with Crippen molar-refractivity contribution < 1.29 is 28.7 Å². The van der Waals surface area contributed by atoms with Gasteiger partial charge in [-0.05, 0) is 76.5 Å². The fourth-order valence-electron chi connectivity index (χ4n) is 5.55. The minimum absolute atomic E-state index is 0.178. The van der Waals surface area contributed by atoms with Crippen molar-refractivity contribution in [3.8, 4) is 11.8 Å². The summed E-state index contributed by atoms with van der Waals surface area (Å²) in [6.07, 6.45) is 4.96. The van der Waals surface area contributed by atoms with Gasteiger partial charge in [-0.2, -0.15) is 0 Å². The quantitative estimate of drug-likeness (QED) is 0.312. The fraction of sp³-hybridized carbons (Fsp3) is 0.613. The van der Waals surface area contributed by atoms with Crippen molar-refractivity contribution in [1.82, 2.24) is 15.1 Å². The van der Waals surface area contributed by atoms with Crippen LogP contribution in [0.5, 0.6) is 0 Å². The normalized spacial score (nSPS) is 22.8. The zero-order valence-electron chi connectivity index (χ0n) is 24.1. The topological polar surface area (TPSA) is 105 Å². The fourth-order valence-corrected chi connectivity index (χ4v) is 5.55. The zero-order valence-corrected chi connectivity index (χ0v) is 24.1. The first-order chi connectivity index (χ1) is 19.0. The molecule has 2 heterocycles. The minimum Gasteiger partial charge on any atom is -0.444 e. The highest BCUT2D eigenvalue weighted by Gasteiger charge is 2.39. The molecule has 1 N–H and O–H groups in total. The summed E-state index contributed by atoms with van der Waals surface area (Å²) in [5, 5.41) is 2.33. The molecule has 9 nitrogen and oxygen atoms in total. The molecule has 2 fully saturated rings. The monoisotopic (exact) mass is 551 g/mol. The second-order valence-electron chi connectivity index (χ2n) is 12.0. The molecule has 0 radical (unpaired) electrons. The summed E-state index contributed by atoms with van der Waals surface area (Å²) >= 11 is 0. The lowest BCUT2D eigenvalue weighted by molar-refractivity contribution is -0.136. The average Bonchev–Trinajstić information content (AvgIpc) is 3.22. The van der Waals surface area contributed by atoms with Crippen molar-refractivity contribution >= 4 is 23.8 Å². The summed E-state index contributed by atoms with van der Waals surface area (Å²) in [7, 11) is 0. The Bertz CT molecular complexity index is 1190. The van der Waals surface area contributed by atoms with Crippen molar-refractivity contribution in [2.24, 2.45) is 5.92 Å². The van der Waals surface area contributed by atoms with Crippen LogP contribution in [0.25, 0.3) is 0 Å². The molecule has 0 spiro atoms. The van der Waals surface area contributed by atoms with E-state index in [1.807, 2.05) is 31.7 Å². The van der Waals surface area contributed by atoms with Crippen molar-refractivity contribution in [1.29, 1.82) is 0 Å². The van der Waals surface area contributed by atoms with Crippen LogP contribution in [0.1, 0.15) is 94.1 Å². The molecule has 216 valence electrons. The number of carbonyl (C=O) groups is 4. The van der Waals surface area contributed by atoms with E-state index in [0.29, 0.717) is 50.6 Å². The van der Waals surface area contributed by atoms with Crippen LogP contribution >= 0.6 is 0 Å². The number of hydrogen-bond donors (Lipinski definition) is 1. The maximum atomic E-state index is 13.0. The molecule has 1 atom stereocenters. The SMILES string of the molecule is CC1CCC(N(CCOCCC#Cc2cccc3c2CN(C2CCC(=O)NC2=O)C3=O)C(=O)OC(C)(C)C)CC1. The van der Waals surface area contributed by atoms with Crippen LogP contribution in [0.15, 0.2) is 18.2 Å². The minimum atomic E-state index is -0.649. The first-order valence-corrected chi connectivity index (χ1v) is 14.4. The highest BCUT2D eigenvalue weighted by molar-refractivity contribution is 6.05. The van der Waals surface area contributed by atoms with Gasteiger partial charge in [0.2, 0.25) is 11.8 Å². The smallest absolute Gasteiger partial charge is 0.410 e. The highest BCUT2D eigenvalue weighted by atomic mass is 16.6. The molecular formula is C31H41N3O6. The Morgan fingerprint density at radius 3 is 2.55 bits per heavy atom. The van der Waals surface area contributed by atoms with Crippen LogP contribution in [0.2, 0.25) is 0 Å². The number of imide groups is 1. The van der Waals surface area contributed by atoms with Crippen LogP contribution in [0, 0.1) is 17.8 Å². The Balaban J connectivity index is 1.28. The molecule has 0 bridgehead atoms. The predicted octanol–water partition coefficient (Wildman–Crippen LogP) is 4.02. The summed E-state index contributed by atoms with van der Waals surface area (Å²) in [6.45, 7) is 9.50. The Labute approximate surface area is 236 Å². The number of hydrogen-bond acceptors (Lipinski definition) is 6. The van der Waals surface area contributed by atoms with Crippen LogP contribution in [-0.2, 0) is 25.6 Å². The Kier molecular flexibility index (Phi) is 9.52. The number of piperidine rings is 1. The summed E-state index contributed by atoms with van der Waals surface area (Å²) in [4.78, 5) is 53.1. The summed E-state index contributed by atoms with van der Waals surface area (Å²) in [6, 6.07) is 4.95. The van der Waals surface area contributed by atoms with E-state index in [1.165, 1.54) is 4.90 Å². The molecule has 3 aliphatic rings. The van der Waals surface area contributed by atoms with Gasteiger partial charge in [-0.15, -0.1) is 0 Å². The number of benzene rings is 1. The van der Waals surface area contributed by atoms with Gasteiger partial charge < -0.3 is 19.3 Å². The molecule has 1 unspecified atom stereocenters. The van der Waals surface area contributed by atoms with Gasteiger partial charge in [0.15, 0.2) is 0 Å². The average molecular weight is 552 g/mol. The molecule has 4 rings (SSSR count). The van der Waals surface area contributed by atoms with Crippen LogP contribution < -0.4 is 5.32 Å². The number of nitrogens with zero attached hydrogens (tertiary/aromatic N) is 2. The maximum Gasteiger partial charge on any atom is 0.410 e. The van der Waals surface area contributed by atoms with Gasteiger partial charge in [0, 0.05) is 43.1 Å². The molecule has 1 aromatic carbocycles. The Hall–Kier alpha value is -3.38. The number of nitrogens with one attached hydrogen (secondary N) is 1. The van der Waals surface area contributed by atoms with Crippen LogP contribution in [-0.4, -0.2) is 71.1 Å². The molecule has 1 aliphatic carbocycles. The third-order valence-electron chi connectivity index (χ3n) is 7.71. The first-order valence-electron chi connectivity index (χ1n) is 14.4. The molecule has 9 heteroatoms. The largest absolute Gasteiger partial charge is 0.444 e. The van der Waals surface area contributed by atoms with Crippen molar-refractivity contribution in [2.75, 3.05) is 19.8 Å². The molecule has 2 aliphatic heterocycles. The lowest BCUT2D eigenvalue weighted by Crippen LogP contribution is -2.52. The van der Waals surface area contributed by atoms with E-state index < -0.39 is 17.6 Å². The van der Waals surface area contributed by atoms with Crippen molar-refractivity contribution in [2.45, 2.75) is 96.9 Å². The number of rotatable bonds is 7. The van der Waals surface area contributed by atoms with E-state index in [4.69, 9.17) is 9.47 Å². The molecule has 1 saturated carbocycles. The molecule has 4 amide bonds. The molecule has 0 aromatic heterocycles. The lowest BCUT2D eigenvalue weighted by atomic mass is 9.87. The van der Waals surface area contributed by atoms with Crippen molar-refractivity contribution in [3.63, 3.8) is 0 Å². The summed E-state index contributed by atoms with van der Waals surface area (Å²) in [5.74, 6) is 6.04. The second kappa shape index (κ2) is 12.9. The van der Waals surface area contributed by atoms with Crippen LogP contribution in [0.4, 0.5) is 4.79 Å². The van der Waals surface area contributed by atoms with Gasteiger partial charge in [-0.1, -0.05) is 24.8 Å². The highest BCUT2D eigenvalue weighted by Crippen LogP contribution is 2.30. The van der Waals surface area contributed by atoms with E-state index in [2.05, 4.69) is 24.1 Å². The summed E-state index contributed by atoms with van der Waals surface area (Å²) in [5.41, 5.74) is 1.56. The molecule has 1 aromatic rings. The number of ether oxygens (including phenoxy) is 2. The van der Waals surface area contributed by atoms with Crippen LogP contribution in [0.3, 0.4) is 0 Å². The van der Waals surface area contributed by atoms with Crippen molar-refractivity contribution in [3.05, 3.63) is 34.9 Å². The molecule has 1 saturated heterocycles. The third-order valence-corrected chi connectivity index (χ3v) is 7.71. The predicted molar refractivity (Wildman–Crippen MR) is 149 cm³/mol. The lowest BCUT2D eigenvalue weighted by Gasteiger charge is -2.37. The first kappa shape index (κ1) is 29.6. The Morgan fingerprint density at radius 2 is 1.85 bits per heavy atom. The summed E-state index contributed by atoms with van der Waals surface area (Å²) < 4.78 is 11.5. The maximum absolute atomic E-state index is 13.0.